The molecule has 1 aromatic carbocycles. The summed E-state index contributed by atoms with van der Waals surface area (Å²) in [5.74, 6) is 0.753. The monoisotopic (exact) mass is 306 g/mol. The Morgan fingerprint density at radius 1 is 1.33 bits per heavy atom. The molecule has 4 nitrogen and oxygen atoms in total. The van der Waals surface area contributed by atoms with Gasteiger partial charge >= 0.3 is 0 Å². The van der Waals surface area contributed by atoms with Crippen LogP contribution in [0.15, 0.2) is 24.3 Å². The smallest absolute Gasteiger partial charge is 0.233 e. The van der Waals surface area contributed by atoms with Crippen molar-refractivity contribution >= 4 is 23.1 Å². The molecule has 1 aliphatic carbocycles. The van der Waals surface area contributed by atoms with E-state index in [-0.39, 0.29) is 11.9 Å². The number of nitrogens with one attached hydrogen (secondary N) is 1. The van der Waals surface area contributed by atoms with Crippen LogP contribution >= 0.6 is 12.2 Å². The van der Waals surface area contributed by atoms with Crippen molar-refractivity contribution in [3.63, 3.8) is 0 Å². The minimum atomic E-state index is -0.657. The van der Waals surface area contributed by atoms with Gasteiger partial charge in [-0.2, -0.15) is 0 Å². The van der Waals surface area contributed by atoms with Gasteiger partial charge < -0.3 is 15.8 Å². The highest BCUT2D eigenvalue weighted by atomic mass is 32.1. The Morgan fingerprint density at radius 2 is 1.90 bits per heavy atom. The lowest BCUT2D eigenvalue weighted by atomic mass is 9.84. The van der Waals surface area contributed by atoms with Crippen molar-refractivity contribution in [1.29, 1.82) is 0 Å². The number of amides is 1. The highest BCUT2D eigenvalue weighted by molar-refractivity contribution is 7.80. The van der Waals surface area contributed by atoms with E-state index >= 15 is 0 Å². The lowest BCUT2D eigenvalue weighted by Gasteiger charge is -2.28. The topological polar surface area (TPSA) is 64.3 Å². The molecule has 1 aromatic rings. The maximum atomic E-state index is 12.6. The predicted molar refractivity (Wildman–Crippen MR) is 87.2 cm³/mol. The van der Waals surface area contributed by atoms with E-state index in [0.717, 1.165) is 37.0 Å². The first kappa shape index (κ1) is 15.8. The molecule has 0 heterocycles. The van der Waals surface area contributed by atoms with Crippen molar-refractivity contribution in [3.8, 4) is 5.75 Å². The third-order valence-corrected chi connectivity index (χ3v) is 4.72. The van der Waals surface area contributed by atoms with Gasteiger partial charge in [0.05, 0.1) is 23.6 Å². The van der Waals surface area contributed by atoms with E-state index in [9.17, 15) is 4.79 Å². The first-order valence-corrected chi connectivity index (χ1v) is 7.65. The van der Waals surface area contributed by atoms with Crippen molar-refractivity contribution in [2.75, 3.05) is 7.11 Å². The van der Waals surface area contributed by atoms with Crippen molar-refractivity contribution < 1.29 is 9.53 Å². The van der Waals surface area contributed by atoms with Crippen LogP contribution in [-0.4, -0.2) is 18.0 Å². The lowest BCUT2D eigenvalue weighted by molar-refractivity contribution is -0.128. The van der Waals surface area contributed by atoms with Crippen LogP contribution in [0.5, 0.6) is 5.75 Å². The Hall–Kier alpha value is -1.62. The van der Waals surface area contributed by atoms with E-state index in [0.29, 0.717) is 4.99 Å². The standard InChI is InChI=1S/C16H22N2O2S/c1-11(12-5-7-13(20-2)8-6-12)18-15(19)16(14(17)21)9-3-4-10-16/h5-8,11H,3-4,9-10H2,1-2H3,(H2,17,21)(H,18,19). The second-order valence-electron chi connectivity index (χ2n) is 5.62. The van der Waals surface area contributed by atoms with E-state index in [1.165, 1.54) is 0 Å². The van der Waals surface area contributed by atoms with Gasteiger partial charge in [-0.05, 0) is 37.5 Å². The summed E-state index contributed by atoms with van der Waals surface area (Å²) < 4.78 is 5.14. The molecular formula is C16H22N2O2S. The van der Waals surface area contributed by atoms with E-state index in [2.05, 4.69) is 5.32 Å². The van der Waals surface area contributed by atoms with Crippen LogP contribution < -0.4 is 15.8 Å². The van der Waals surface area contributed by atoms with Gasteiger partial charge in [0.25, 0.3) is 0 Å². The zero-order valence-corrected chi connectivity index (χ0v) is 13.3. The SMILES string of the molecule is COc1ccc(C(C)NC(=O)C2(C(N)=S)CCCC2)cc1. The molecule has 0 aromatic heterocycles. The second kappa shape index (κ2) is 6.43. The molecule has 1 saturated carbocycles. The molecule has 21 heavy (non-hydrogen) atoms. The zero-order valence-electron chi connectivity index (χ0n) is 12.5. The second-order valence-corrected chi connectivity index (χ2v) is 6.06. The predicted octanol–water partition coefficient (Wildman–Crippen LogP) is 2.72. The van der Waals surface area contributed by atoms with Crippen molar-refractivity contribution in [2.45, 2.75) is 38.6 Å². The van der Waals surface area contributed by atoms with Crippen LogP contribution in [0, 0.1) is 5.41 Å². The number of hydrogen-bond donors (Lipinski definition) is 2. The number of thiocarbonyl (C=S) groups is 1. The van der Waals surface area contributed by atoms with Crippen LogP contribution in [0.25, 0.3) is 0 Å². The molecule has 1 fully saturated rings. The average Bonchev–Trinajstić information content (AvgIpc) is 2.98. The van der Waals surface area contributed by atoms with Gasteiger partial charge in [-0.3, -0.25) is 4.79 Å². The molecule has 5 heteroatoms. The van der Waals surface area contributed by atoms with Crippen LogP contribution in [0.2, 0.25) is 0 Å². The third-order valence-electron chi connectivity index (χ3n) is 4.33. The number of carbonyl (C=O) groups is 1. The first-order chi connectivity index (χ1) is 9.99. The molecule has 0 bridgehead atoms. The fourth-order valence-electron chi connectivity index (χ4n) is 2.87. The Kier molecular flexibility index (Phi) is 4.83. The molecular weight excluding hydrogens is 284 g/mol. The van der Waals surface area contributed by atoms with Crippen molar-refractivity contribution in [3.05, 3.63) is 29.8 Å². The highest BCUT2D eigenvalue weighted by Gasteiger charge is 2.44. The summed E-state index contributed by atoms with van der Waals surface area (Å²) in [6.07, 6.45) is 3.51. The Labute approximate surface area is 131 Å². The molecule has 1 aliphatic rings. The molecule has 0 saturated heterocycles. The summed E-state index contributed by atoms with van der Waals surface area (Å²) in [5.41, 5.74) is 6.21. The van der Waals surface area contributed by atoms with Gasteiger partial charge in [0.1, 0.15) is 5.75 Å². The summed E-state index contributed by atoms with van der Waals surface area (Å²) >= 11 is 5.15. The van der Waals surface area contributed by atoms with Gasteiger partial charge in [-0.1, -0.05) is 37.2 Å². The van der Waals surface area contributed by atoms with Gasteiger partial charge in [-0.15, -0.1) is 0 Å². The number of ether oxygens (including phenoxy) is 1. The molecule has 0 aliphatic heterocycles. The zero-order chi connectivity index (χ0) is 15.5. The summed E-state index contributed by atoms with van der Waals surface area (Å²) in [6.45, 7) is 1.96. The fourth-order valence-corrected chi connectivity index (χ4v) is 3.17. The summed E-state index contributed by atoms with van der Waals surface area (Å²) in [5, 5.41) is 3.05. The molecule has 114 valence electrons. The Balaban J connectivity index is 2.08. The van der Waals surface area contributed by atoms with E-state index in [1.807, 2.05) is 31.2 Å². The minimum Gasteiger partial charge on any atom is -0.497 e. The first-order valence-electron chi connectivity index (χ1n) is 7.24. The Bertz CT molecular complexity index is 522. The Morgan fingerprint density at radius 3 is 2.38 bits per heavy atom. The highest BCUT2D eigenvalue weighted by Crippen LogP contribution is 2.39. The maximum absolute atomic E-state index is 12.6. The quantitative estimate of drug-likeness (QED) is 0.821. The van der Waals surface area contributed by atoms with Crippen LogP contribution in [0.3, 0.4) is 0 Å². The van der Waals surface area contributed by atoms with Crippen LogP contribution in [0.1, 0.15) is 44.2 Å². The molecule has 1 atom stereocenters. The van der Waals surface area contributed by atoms with Gasteiger partial charge in [-0.25, -0.2) is 0 Å². The number of benzene rings is 1. The number of carbonyl (C=O) groups excluding carboxylic acids is 1. The molecule has 0 spiro atoms. The van der Waals surface area contributed by atoms with E-state index < -0.39 is 5.41 Å². The van der Waals surface area contributed by atoms with Crippen molar-refractivity contribution in [1.82, 2.24) is 5.32 Å². The largest absolute Gasteiger partial charge is 0.497 e. The number of rotatable bonds is 5. The molecule has 1 amide bonds. The van der Waals surface area contributed by atoms with Gasteiger partial charge in [0.15, 0.2) is 0 Å². The van der Waals surface area contributed by atoms with Crippen LogP contribution in [0.4, 0.5) is 0 Å². The number of nitrogens with two attached hydrogens (primary N) is 1. The molecule has 2 rings (SSSR count). The normalized spacial score (nSPS) is 18.0. The van der Waals surface area contributed by atoms with Gasteiger partial charge in [0, 0.05) is 0 Å². The fraction of sp³-hybridized carbons (Fsp3) is 0.500. The van der Waals surface area contributed by atoms with Gasteiger partial charge in [0.2, 0.25) is 5.91 Å². The average molecular weight is 306 g/mol. The molecule has 1 unspecified atom stereocenters. The summed E-state index contributed by atoms with van der Waals surface area (Å²) in [4.78, 5) is 12.9. The number of hydrogen-bond acceptors (Lipinski definition) is 3. The van der Waals surface area contributed by atoms with Crippen molar-refractivity contribution in [2.24, 2.45) is 11.1 Å². The van der Waals surface area contributed by atoms with Crippen LogP contribution in [-0.2, 0) is 4.79 Å². The van der Waals surface area contributed by atoms with E-state index in [1.54, 1.807) is 7.11 Å². The summed E-state index contributed by atoms with van der Waals surface area (Å²) in [6, 6.07) is 7.58. The lowest BCUT2D eigenvalue weighted by Crippen LogP contribution is -2.47. The maximum Gasteiger partial charge on any atom is 0.233 e. The molecule has 3 N–H and O–H groups in total. The summed E-state index contributed by atoms with van der Waals surface area (Å²) in [7, 11) is 1.63. The van der Waals surface area contributed by atoms with E-state index in [4.69, 9.17) is 22.7 Å². The molecule has 0 radical (unpaired) electrons. The minimum absolute atomic E-state index is 0.0455. The third kappa shape index (κ3) is 3.18. The number of methoxy groups -OCH3 is 1.